The molecule has 1 heterocycles. The number of esters is 1. The van der Waals surface area contributed by atoms with E-state index in [1.54, 1.807) is 4.90 Å². The number of nitrogens with one attached hydrogen (secondary N) is 2. The average Bonchev–Trinajstić information content (AvgIpc) is 2.65. The summed E-state index contributed by atoms with van der Waals surface area (Å²) in [6.45, 7) is 4.86. The number of benzene rings is 1. The third kappa shape index (κ3) is 6.53. The number of ether oxygens (including phenoxy) is 1. The van der Waals surface area contributed by atoms with Crippen LogP contribution in [0.4, 0.5) is 5.69 Å². The Morgan fingerprint density at radius 2 is 1.86 bits per heavy atom. The number of hydrogen-bond donors (Lipinski definition) is 2. The van der Waals surface area contributed by atoms with E-state index in [9.17, 15) is 22.8 Å². The Kier molecular flexibility index (Phi) is 7.74. The molecule has 1 aliphatic heterocycles. The van der Waals surface area contributed by atoms with Crippen LogP contribution < -0.4 is 10.0 Å². The fourth-order valence-corrected chi connectivity index (χ4v) is 4.27. The maximum absolute atomic E-state index is 12.4. The Balaban J connectivity index is 1.90. The fraction of sp³-hybridized carbons (Fsp3) is 0.526. The fourth-order valence-electron chi connectivity index (χ4n) is 3.08. The van der Waals surface area contributed by atoms with Crippen LogP contribution in [-0.4, -0.2) is 56.3 Å². The van der Waals surface area contributed by atoms with Gasteiger partial charge in [-0.1, -0.05) is 0 Å². The van der Waals surface area contributed by atoms with Gasteiger partial charge >= 0.3 is 5.97 Å². The number of carbonyl (C=O) groups excluding carboxylic acids is 3. The number of likely N-dealkylation sites (tertiary alicyclic amines) is 1. The van der Waals surface area contributed by atoms with Gasteiger partial charge in [0.15, 0.2) is 6.61 Å². The van der Waals surface area contributed by atoms with Crippen LogP contribution >= 0.6 is 0 Å². The monoisotopic (exact) mass is 425 g/mol. The van der Waals surface area contributed by atoms with Crippen molar-refractivity contribution in [3.63, 3.8) is 0 Å². The van der Waals surface area contributed by atoms with Crippen LogP contribution in [0.2, 0.25) is 0 Å². The molecule has 0 radical (unpaired) electrons. The van der Waals surface area contributed by atoms with Gasteiger partial charge in [-0.25, -0.2) is 8.42 Å². The molecule has 1 aromatic rings. The summed E-state index contributed by atoms with van der Waals surface area (Å²) in [6.07, 6.45) is 2.90. The van der Waals surface area contributed by atoms with E-state index < -0.39 is 28.6 Å². The molecule has 0 aromatic heterocycles. The molecule has 1 aliphatic rings. The summed E-state index contributed by atoms with van der Waals surface area (Å²) in [4.78, 5) is 37.0. The van der Waals surface area contributed by atoms with Gasteiger partial charge in [0.1, 0.15) is 6.04 Å². The number of anilines is 1. The Morgan fingerprint density at radius 1 is 1.21 bits per heavy atom. The van der Waals surface area contributed by atoms with E-state index in [-0.39, 0.29) is 22.8 Å². The van der Waals surface area contributed by atoms with Crippen molar-refractivity contribution in [2.24, 2.45) is 0 Å². The maximum Gasteiger partial charge on any atom is 0.324 e. The van der Waals surface area contributed by atoms with Crippen LogP contribution in [0.15, 0.2) is 29.2 Å². The lowest BCUT2D eigenvalue weighted by atomic mass is 10.0. The highest BCUT2D eigenvalue weighted by molar-refractivity contribution is 7.89. The zero-order chi connectivity index (χ0) is 21.6. The Hall–Kier alpha value is -2.46. The lowest BCUT2D eigenvalue weighted by molar-refractivity contribution is -0.154. The van der Waals surface area contributed by atoms with Crippen molar-refractivity contribution >= 4 is 33.5 Å². The highest BCUT2D eigenvalue weighted by atomic mass is 32.2. The highest BCUT2D eigenvalue weighted by Crippen LogP contribution is 2.17. The summed E-state index contributed by atoms with van der Waals surface area (Å²) in [6, 6.07) is 4.45. The first-order chi connectivity index (χ1) is 13.6. The minimum atomic E-state index is -3.98. The van der Waals surface area contributed by atoms with Crippen molar-refractivity contribution in [1.29, 1.82) is 0 Å². The van der Waals surface area contributed by atoms with Gasteiger partial charge in [-0.2, -0.15) is 4.72 Å². The zero-order valence-corrected chi connectivity index (χ0v) is 17.6. The zero-order valence-electron chi connectivity index (χ0n) is 16.8. The summed E-state index contributed by atoms with van der Waals surface area (Å²) in [7, 11) is -3.98. The maximum atomic E-state index is 12.4. The predicted molar refractivity (Wildman–Crippen MR) is 107 cm³/mol. The minimum Gasteiger partial charge on any atom is -0.454 e. The molecule has 29 heavy (non-hydrogen) atoms. The second-order valence-corrected chi connectivity index (χ2v) is 8.80. The smallest absolute Gasteiger partial charge is 0.324 e. The van der Waals surface area contributed by atoms with Crippen molar-refractivity contribution in [2.45, 2.75) is 57.0 Å². The van der Waals surface area contributed by atoms with Crippen LogP contribution in [0.5, 0.6) is 0 Å². The van der Waals surface area contributed by atoms with Gasteiger partial charge in [0, 0.05) is 25.2 Å². The molecule has 0 unspecified atom stereocenters. The lowest BCUT2D eigenvalue weighted by Gasteiger charge is -2.33. The topological polar surface area (TPSA) is 122 Å². The first kappa shape index (κ1) is 22.8. The van der Waals surface area contributed by atoms with E-state index in [4.69, 9.17) is 4.74 Å². The summed E-state index contributed by atoms with van der Waals surface area (Å²) in [5.41, 5.74) is 0.453. The second kappa shape index (κ2) is 9.84. The Morgan fingerprint density at radius 3 is 2.45 bits per heavy atom. The first-order valence-corrected chi connectivity index (χ1v) is 10.9. The van der Waals surface area contributed by atoms with E-state index >= 15 is 0 Å². The number of carbonyl (C=O) groups is 3. The molecule has 10 heteroatoms. The van der Waals surface area contributed by atoms with Gasteiger partial charge in [0.2, 0.25) is 15.9 Å². The molecule has 1 saturated heterocycles. The predicted octanol–water partition coefficient (Wildman–Crippen LogP) is 1.26. The summed E-state index contributed by atoms with van der Waals surface area (Å²) < 4.78 is 32.1. The van der Waals surface area contributed by atoms with E-state index in [2.05, 4.69) is 10.0 Å². The summed E-state index contributed by atoms with van der Waals surface area (Å²) in [5, 5.41) is 2.54. The lowest BCUT2D eigenvalue weighted by Crippen LogP contribution is -2.45. The molecule has 2 atom stereocenters. The molecular formula is C19H27N3O6S. The average molecular weight is 426 g/mol. The number of amides is 2. The van der Waals surface area contributed by atoms with Crippen LogP contribution in [0, 0.1) is 0 Å². The second-order valence-electron chi connectivity index (χ2n) is 7.09. The van der Waals surface area contributed by atoms with Gasteiger partial charge < -0.3 is 15.0 Å². The van der Waals surface area contributed by atoms with Crippen molar-refractivity contribution in [3.8, 4) is 0 Å². The molecule has 2 amide bonds. The standard InChI is InChI=1S/C19H27N3O6S/c1-13-6-4-5-11-22(13)18(24)12-28-19(25)14(2)21-29(26,27)17-9-7-16(8-10-17)20-15(3)23/h7-10,13-14,21H,4-6,11-12H2,1-3H3,(H,20,23)/t13-,14+/m1/s1. The first-order valence-electron chi connectivity index (χ1n) is 9.46. The van der Waals surface area contributed by atoms with Crippen LogP contribution in [0.3, 0.4) is 0 Å². The number of rotatable bonds is 7. The highest BCUT2D eigenvalue weighted by Gasteiger charge is 2.27. The molecular weight excluding hydrogens is 398 g/mol. The van der Waals surface area contributed by atoms with Crippen LogP contribution in [0.1, 0.15) is 40.0 Å². The van der Waals surface area contributed by atoms with E-state index in [1.807, 2.05) is 6.92 Å². The number of nitrogens with zero attached hydrogens (tertiary/aromatic N) is 1. The third-order valence-electron chi connectivity index (χ3n) is 4.63. The molecule has 9 nitrogen and oxygen atoms in total. The molecule has 160 valence electrons. The molecule has 2 rings (SSSR count). The van der Waals surface area contributed by atoms with Gasteiger partial charge in [-0.15, -0.1) is 0 Å². The molecule has 0 spiro atoms. The van der Waals surface area contributed by atoms with Crippen molar-refractivity contribution < 1.29 is 27.5 Å². The molecule has 2 N–H and O–H groups in total. The Bertz CT molecular complexity index is 853. The number of hydrogen-bond acceptors (Lipinski definition) is 6. The summed E-state index contributed by atoms with van der Waals surface area (Å²) in [5.74, 6) is -1.39. The quantitative estimate of drug-likeness (QED) is 0.634. The van der Waals surface area contributed by atoms with Crippen molar-refractivity contribution in [3.05, 3.63) is 24.3 Å². The van der Waals surface area contributed by atoms with Crippen LogP contribution in [-0.2, 0) is 29.1 Å². The number of sulfonamides is 1. The minimum absolute atomic E-state index is 0.0653. The van der Waals surface area contributed by atoms with Gasteiger partial charge in [-0.05, 0) is 57.4 Å². The van der Waals surface area contributed by atoms with E-state index in [1.165, 1.54) is 38.1 Å². The van der Waals surface area contributed by atoms with Crippen molar-refractivity contribution in [1.82, 2.24) is 9.62 Å². The normalized spacial score (nSPS) is 18.0. The van der Waals surface area contributed by atoms with Gasteiger partial charge in [-0.3, -0.25) is 14.4 Å². The molecule has 0 aliphatic carbocycles. The number of piperidine rings is 1. The molecule has 0 bridgehead atoms. The molecule has 1 aromatic carbocycles. The van der Waals surface area contributed by atoms with Crippen LogP contribution in [0.25, 0.3) is 0 Å². The van der Waals surface area contributed by atoms with Gasteiger partial charge in [0.25, 0.3) is 5.91 Å². The SMILES string of the molecule is CC(=O)Nc1ccc(S(=O)(=O)N[C@@H](C)C(=O)OCC(=O)N2CCCC[C@H]2C)cc1. The van der Waals surface area contributed by atoms with E-state index in [0.717, 1.165) is 19.3 Å². The Labute approximate surface area is 170 Å². The van der Waals surface area contributed by atoms with E-state index in [0.29, 0.717) is 12.2 Å². The van der Waals surface area contributed by atoms with Gasteiger partial charge in [0.05, 0.1) is 4.90 Å². The molecule has 1 fully saturated rings. The third-order valence-corrected chi connectivity index (χ3v) is 6.19. The largest absolute Gasteiger partial charge is 0.454 e. The summed E-state index contributed by atoms with van der Waals surface area (Å²) >= 11 is 0. The van der Waals surface area contributed by atoms with Crippen molar-refractivity contribution in [2.75, 3.05) is 18.5 Å². The molecule has 0 saturated carbocycles.